The van der Waals surface area contributed by atoms with Crippen LogP contribution >= 0.6 is 0 Å². The molecule has 0 bridgehead atoms. The summed E-state index contributed by atoms with van der Waals surface area (Å²) in [6.07, 6.45) is 0. The third-order valence-electron chi connectivity index (χ3n) is 16.2. The zero-order valence-electron chi connectivity index (χ0n) is 43.9. The van der Waals surface area contributed by atoms with E-state index in [2.05, 4.69) is 325 Å². The predicted molar refractivity (Wildman–Crippen MR) is 339 cm³/mol. The van der Waals surface area contributed by atoms with Gasteiger partial charge in [-0.2, -0.15) is 0 Å². The molecule has 0 N–H and O–H groups in total. The molecule has 2 heteroatoms. The van der Waals surface area contributed by atoms with E-state index in [0.717, 1.165) is 72.7 Å². The van der Waals surface area contributed by atoms with Gasteiger partial charge in [0.05, 0.1) is 28.5 Å². The molecule has 0 radical (unpaired) electrons. The zero-order valence-corrected chi connectivity index (χ0v) is 43.9. The average Bonchev–Trinajstić information content (AvgIpc) is 4.27. The molecule has 15 rings (SSSR count). The molecule has 0 atom stereocenters. The molecule has 2 nitrogen and oxygen atoms in total. The Balaban J connectivity index is 1.02. The summed E-state index contributed by atoms with van der Waals surface area (Å²) < 4.78 is 4.94. The first-order chi connectivity index (χ1) is 39.7. The van der Waals surface area contributed by atoms with Crippen LogP contribution in [0.1, 0.15) is 0 Å². The Morgan fingerprint density at radius 3 is 1.05 bits per heavy atom. The van der Waals surface area contributed by atoms with Gasteiger partial charge in [0.2, 0.25) is 0 Å². The molecule has 0 fully saturated rings. The summed E-state index contributed by atoms with van der Waals surface area (Å²) in [5.41, 5.74) is 20.8. The van der Waals surface area contributed by atoms with Gasteiger partial charge >= 0.3 is 0 Å². The number of nitrogens with zero attached hydrogens (tertiary/aromatic N) is 2. The largest absolute Gasteiger partial charge is 0.309 e. The van der Waals surface area contributed by atoms with E-state index in [1.165, 1.54) is 71.3 Å². The summed E-state index contributed by atoms with van der Waals surface area (Å²) >= 11 is 0. The molecule has 80 heavy (non-hydrogen) atoms. The van der Waals surface area contributed by atoms with Gasteiger partial charge in [-0.3, -0.25) is 0 Å². The normalized spacial score (nSPS) is 11.5. The quantitative estimate of drug-likeness (QED) is 0.121. The van der Waals surface area contributed by atoms with Crippen molar-refractivity contribution < 1.29 is 0 Å². The Labute approximate surface area is 466 Å². The maximum absolute atomic E-state index is 2.52. The molecule has 0 amide bonds. The van der Waals surface area contributed by atoms with E-state index in [9.17, 15) is 0 Å². The number of hydrogen-bond acceptors (Lipinski definition) is 0. The minimum Gasteiger partial charge on any atom is -0.309 e. The predicted octanol–water partition coefficient (Wildman–Crippen LogP) is 21.2. The van der Waals surface area contributed by atoms with Crippen LogP contribution in [0.3, 0.4) is 0 Å². The Kier molecular flexibility index (Phi) is 11.6. The van der Waals surface area contributed by atoms with E-state index in [1.54, 1.807) is 0 Å². The fourth-order valence-corrected chi connectivity index (χ4v) is 12.3. The summed E-state index contributed by atoms with van der Waals surface area (Å²) in [5, 5.41) is 9.64. The fraction of sp³-hybridized carbons (Fsp3) is 0. The third kappa shape index (κ3) is 8.21. The molecule has 15 aromatic rings. The summed E-state index contributed by atoms with van der Waals surface area (Å²) in [6, 6.07) is 116. The van der Waals surface area contributed by atoms with Gasteiger partial charge in [0, 0.05) is 11.3 Å². The summed E-state index contributed by atoms with van der Waals surface area (Å²) in [5.74, 6) is 0. The van der Waals surface area contributed by atoms with Crippen LogP contribution in [0.15, 0.2) is 315 Å². The lowest BCUT2D eigenvalue weighted by atomic mass is 9.87. The summed E-state index contributed by atoms with van der Waals surface area (Å²) in [6.45, 7) is 0. The van der Waals surface area contributed by atoms with Crippen molar-refractivity contribution >= 4 is 43.1 Å². The highest BCUT2D eigenvalue weighted by atomic mass is 15.0. The van der Waals surface area contributed by atoms with Crippen LogP contribution in [-0.4, -0.2) is 9.13 Å². The van der Waals surface area contributed by atoms with E-state index in [4.69, 9.17) is 0 Å². The SMILES string of the molecule is c1ccc(-c2ccc(-c3ccccc3)n2-c2ccc3cc4c(-c5ccc(-c6cccc7ccccc67)cc5)c(-n5c(-c6ccccc6)ccc5-c5ccccc5)cc(-c5ccc(-c6cccc7ccccc67)cc5)c4cc3c2)cc1. The molecule has 0 aliphatic rings. The van der Waals surface area contributed by atoms with E-state index in [0.29, 0.717) is 0 Å². The molecule has 13 aromatic carbocycles. The minimum absolute atomic E-state index is 1.11. The van der Waals surface area contributed by atoms with Crippen LogP contribution in [0.25, 0.3) is 144 Å². The second-order valence-corrected chi connectivity index (χ2v) is 20.8. The lowest BCUT2D eigenvalue weighted by molar-refractivity contribution is 1.10. The molecule has 0 unspecified atom stereocenters. The molecule has 2 heterocycles. The standard InChI is InChI=1S/C78H52N2/c1-5-21-58(22-6-1)73-45-46-74(59-23-7-2-8-24-59)79(73)65-44-43-63-50-72-71(51-64(63)49-65)70(57-37-35-55(36-38-57)68-33-17-29-53-19-13-15-31-66(53)68)52-77(80-75(60-25-9-3-10-26-60)47-48-76(80)61-27-11-4-12-28-61)78(72)62-41-39-56(40-42-62)69-34-18-30-54-20-14-16-32-67(54)69/h1-52H. The van der Waals surface area contributed by atoms with Crippen molar-refractivity contribution in [2.45, 2.75) is 0 Å². The van der Waals surface area contributed by atoms with Crippen molar-refractivity contribution in [2.24, 2.45) is 0 Å². The van der Waals surface area contributed by atoms with Crippen molar-refractivity contribution in [1.29, 1.82) is 0 Å². The smallest absolute Gasteiger partial charge is 0.0553 e. The number of hydrogen-bond donors (Lipinski definition) is 0. The zero-order chi connectivity index (χ0) is 52.9. The van der Waals surface area contributed by atoms with Crippen molar-refractivity contribution in [1.82, 2.24) is 9.13 Å². The van der Waals surface area contributed by atoms with Gasteiger partial charge in [-0.15, -0.1) is 0 Å². The topological polar surface area (TPSA) is 9.86 Å². The van der Waals surface area contributed by atoms with Crippen molar-refractivity contribution in [3.63, 3.8) is 0 Å². The molecule has 0 spiro atoms. The number of benzene rings is 13. The maximum Gasteiger partial charge on any atom is 0.0553 e. The lowest BCUT2D eigenvalue weighted by Crippen LogP contribution is -2.04. The van der Waals surface area contributed by atoms with Crippen LogP contribution in [0.5, 0.6) is 0 Å². The van der Waals surface area contributed by atoms with Crippen molar-refractivity contribution in [3.05, 3.63) is 315 Å². The van der Waals surface area contributed by atoms with Crippen molar-refractivity contribution in [3.8, 4) is 101 Å². The Hall–Kier alpha value is -10.5. The van der Waals surface area contributed by atoms with Gasteiger partial charge in [-0.25, -0.2) is 0 Å². The minimum atomic E-state index is 1.11. The van der Waals surface area contributed by atoms with E-state index < -0.39 is 0 Å². The van der Waals surface area contributed by atoms with Crippen LogP contribution in [-0.2, 0) is 0 Å². The van der Waals surface area contributed by atoms with Gasteiger partial charge in [0.25, 0.3) is 0 Å². The number of aromatic nitrogens is 2. The number of fused-ring (bicyclic) bond motifs is 4. The monoisotopic (exact) mass is 1020 g/mol. The molecule has 0 saturated carbocycles. The first-order valence-electron chi connectivity index (χ1n) is 27.6. The highest BCUT2D eigenvalue weighted by Gasteiger charge is 2.24. The fourth-order valence-electron chi connectivity index (χ4n) is 12.3. The summed E-state index contributed by atoms with van der Waals surface area (Å²) in [4.78, 5) is 0. The van der Waals surface area contributed by atoms with Gasteiger partial charge < -0.3 is 9.13 Å². The first-order valence-corrected chi connectivity index (χ1v) is 27.6. The Morgan fingerprint density at radius 2 is 0.575 bits per heavy atom. The maximum atomic E-state index is 2.52. The second kappa shape index (κ2) is 19.8. The van der Waals surface area contributed by atoms with E-state index >= 15 is 0 Å². The molecule has 374 valence electrons. The second-order valence-electron chi connectivity index (χ2n) is 20.8. The third-order valence-corrected chi connectivity index (χ3v) is 16.2. The van der Waals surface area contributed by atoms with E-state index in [1.807, 2.05) is 0 Å². The highest BCUT2D eigenvalue weighted by Crippen LogP contribution is 2.47. The lowest BCUT2D eigenvalue weighted by Gasteiger charge is -2.23. The molecule has 0 aliphatic carbocycles. The van der Waals surface area contributed by atoms with Gasteiger partial charge in [-0.05, 0) is 159 Å². The van der Waals surface area contributed by atoms with Crippen molar-refractivity contribution in [2.75, 3.05) is 0 Å². The molecular formula is C78H52N2. The summed E-state index contributed by atoms with van der Waals surface area (Å²) in [7, 11) is 0. The average molecular weight is 1020 g/mol. The molecule has 2 aromatic heterocycles. The Bertz CT molecular complexity index is 4640. The molecule has 0 aliphatic heterocycles. The first kappa shape index (κ1) is 46.7. The molecule has 0 saturated heterocycles. The van der Waals surface area contributed by atoms with Gasteiger partial charge in [-0.1, -0.05) is 261 Å². The van der Waals surface area contributed by atoms with Crippen LogP contribution < -0.4 is 0 Å². The van der Waals surface area contributed by atoms with E-state index in [-0.39, 0.29) is 0 Å². The molecular weight excluding hydrogens is 965 g/mol. The Morgan fingerprint density at radius 1 is 0.188 bits per heavy atom. The highest BCUT2D eigenvalue weighted by molar-refractivity contribution is 6.14. The van der Waals surface area contributed by atoms with Crippen LogP contribution in [0, 0.1) is 0 Å². The van der Waals surface area contributed by atoms with Gasteiger partial charge in [0.15, 0.2) is 0 Å². The van der Waals surface area contributed by atoms with Crippen LogP contribution in [0.2, 0.25) is 0 Å². The van der Waals surface area contributed by atoms with Crippen LogP contribution in [0.4, 0.5) is 0 Å². The van der Waals surface area contributed by atoms with Gasteiger partial charge in [0.1, 0.15) is 0 Å². The number of rotatable bonds is 10.